The molecule has 0 aromatic rings. The Bertz CT molecular complexity index is 180. The fraction of sp³-hybridized carbons (Fsp3) is 0.250. The molecule has 0 saturated heterocycles. The molecule has 56 valence electrons. The smallest absolute Gasteiger partial charge is 0.0707 e. The first-order valence-electron chi connectivity index (χ1n) is 2.99. The van der Waals surface area contributed by atoms with Gasteiger partial charge < -0.3 is 0 Å². The zero-order valence-electron chi connectivity index (χ0n) is 6.37. The summed E-state index contributed by atoms with van der Waals surface area (Å²) in [5.74, 6) is 0. The minimum atomic E-state index is 0.412. The molecular weight excluding hydrogens is 129 g/mol. The van der Waals surface area contributed by atoms with Crippen molar-refractivity contribution in [2.75, 3.05) is 0 Å². The second-order valence-electron chi connectivity index (χ2n) is 2.14. The molecule has 0 aromatic carbocycles. The molecule has 1 N–H and O–H groups in total. The molecule has 0 amide bonds. The van der Waals surface area contributed by atoms with E-state index < -0.39 is 0 Å². The third-order valence-corrected chi connectivity index (χ3v) is 1.22. The zero-order chi connectivity index (χ0) is 8.15. The number of hydrogen-bond donors (Lipinski definition) is 1. The lowest BCUT2D eigenvalue weighted by Gasteiger charge is -2.04. The van der Waals surface area contributed by atoms with E-state index in [0.717, 1.165) is 5.57 Å². The van der Waals surface area contributed by atoms with Crippen molar-refractivity contribution in [1.82, 2.24) is 5.54 Å². The highest BCUT2D eigenvalue weighted by Crippen LogP contribution is 2.09. The third kappa shape index (κ3) is 2.05. The first kappa shape index (κ1) is 8.95. The van der Waals surface area contributed by atoms with Crippen LogP contribution >= 0.6 is 0 Å². The number of nitrogens with one attached hydrogen (secondary N) is 1. The van der Waals surface area contributed by atoms with E-state index in [1.165, 1.54) is 0 Å². The van der Waals surface area contributed by atoms with Crippen LogP contribution in [0, 0.1) is 0 Å². The average molecular weight is 141 g/mol. The van der Waals surface area contributed by atoms with Crippen LogP contribution in [0.3, 0.4) is 0 Å². The first-order valence-corrected chi connectivity index (χ1v) is 2.99. The van der Waals surface area contributed by atoms with Gasteiger partial charge in [0, 0.05) is 0 Å². The average Bonchev–Trinajstić information content (AvgIpc) is 1.88. The highest BCUT2D eigenvalue weighted by molar-refractivity contribution is 5.33. The van der Waals surface area contributed by atoms with Gasteiger partial charge in [0.1, 0.15) is 0 Å². The Morgan fingerprint density at radius 2 is 2.00 bits per heavy atom. The Morgan fingerprint density at radius 1 is 1.50 bits per heavy atom. The number of rotatable bonds is 3. The van der Waals surface area contributed by atoms with E-state index >= 15 is 0 Å². The Labute approximate surface area is 60.9 Å². The molecule has 0 aliphatic rings. The zero-order valence-corrected chi connectivity index (χ0v) is 6.37. The first-order chi connectivity index (χ1) is 4.63. The van der Waals surface area contributed by atoms with Crippen molar-refractivity contribution in [2.45, 2.75) is 13.8 Å². The van der Waals surface area contributed by atoms with E-state index in [1.54, 1.807) is 25.5 Å². The highest BCUT2D eigenvalue weighted by Gasteiger charge is 1.98. The summed E-state index contributed by atoms with van der Waals surface area (Å²) < 4.78 is 11.9. The largest absolute Gasteiger partial charge is 0.224 e. The van der Waals surface area contributed by atoms with Crippen molar-refractivity contribution < 1.29 is 4.48 Å². The van der Waals surface area contributed by atoms with Crippen LogP contribution in [-0.4, -0.2) is 0 Å². The van der Waals surface area contributed by atoms with Crippen LogP contribution in [0.25, 0.3) is 0 Å². The Morgan fingerprint density at radius 3 is 2.10 bits per heavy atom. The standard InChI is InChI=1S/C8H12FN/c1-5-7(4)8(10-9)6(2)3/h5,10H,1-2H2,3-4H3/b8-7+. The summed E-state index contributed by atoms with van der Waals surface area (Å²) in [6.45, 7) is 10.6. The van der Waals surface area contributed by atoms with Crippen LogP contribution in [0.1, 0.15) is 13.8 Å². The second-order valence-corrected chi connectivity index (χ2v) is 2.14. The minimum Gasteiger partial charge on any atom is -0.224 e. The maximum atomic E-state index is 11.9. The van der Waals surface area contributed by atoms with Gasteiger partial charge >= 0.3 is 0 Å². The summed E-state index contributed by atoms with van der Waals surface area (Å²) in [7, 11) is 0. The number of hydrogen-bond acceptors (Lipinski definition) is 1. The normalized spacial score (nSPS) is 11.9. The Kier molecular flexibility index (Phi) is 3.47. The van der Waals surface area contributed by atoms with Crippen LogP contribution in [0.5, 0.6) is 0 Å². The lowest BCUT2D eigenvalue weighted by atomic mass is 10.1. The number of halogens is 1. The van der Waals surface area contributed by atoms with Crippen molar-refractivity contribution in [3.8, 4) is 0 Å². The van der Waals surface area contributed by atoms with Crippen LogP contribution in [0.15, 0.2) is 36.1 Å². The maximum Gasteiger partial charge on any atom is 0.0707 e. The van der Waals surface area contributed by atoms with Gasteiger partial charge in [-0.1, -0.05) is 19.2 Å². The van der Waals surface area contributed by atoms with Crippen molar-refractivity contribution in [1.29, 1.82) is 0 Å². The summed E-state index contributed by atoms with van der Waals surface area (Å²) in [4.78, 5) is 0. The summed E-state index contributed by atoms with van der Waals surface area (Å²) in [5.41, 5.74) is 3.40. The molecule has 0 bridgehead atoms. The maximum absolute atomic E-state index is 11.9. The quantitative estimate of drug-likeness (QED) is 0.470. The molecule has 0 heterocycles. The fourth-order valence-corrected chi connectivity index (χ4v) is 0.594. The highest BCUT2D eigenvalue weighted by atomic mass is 19.2. The van der Waals surface area contributed by atoms with Crippen LogP contribution < -0.4 is 5.54 Å². The molecule has 0 rings (SSSR count). The van der Waals surface area contributed by atoms with Crippen molar-refractivity contribution >= 4 is 0 Å². The van der Waals surface area contributed by atoms with Crippen LogP contribution in [0.4, 0.5) is 4.48 Å². The molecule has 0 aliphatic heterocycles. The van der Waals surface area contributed by atoms with Gasteiger partial charge in [-0.2, -0.15) is 0 Å². The topological polar surface area (TPSA) is 12.0 Å². The Hall–Kier alpha value is -1.05. The summed E-state index contributed by atoms with van der Waals surface area (Å²) in [6.07, 6.45) is 1.58. The molecule has 0 atom stereocenters. The summed E-state index contributed by atoms with van der Waals surface area (Å²) >= 11 is 0. The SMILES string of the molecule is C=C/C(C)=C(/NF)C(=C)C. The van der Waals surface area contributed by atoms with Gasteiger partial charge in [0.25, 0.3) is 0 Å². The van der Waals surface area contributed by atoms with E-state index in [0.29, 0.717) is 11.3 Å². The minimum absolute atomic E-state index is 0.412. The molecule has 0 radical (unpaired) electrons. The van der Waals surface area contributed by atoms with Gasteiger partial charge in [-0.05, 0) is 25.0 Å². The van der Waals surface area contributed by atoms with E-state index in [-0.39, 0.29) is 0 Å². The third-order valence-electron chi connectivity index (χ3n) is 1.22. The van der Waals surface area contributed by atoms with Crippen molar-refractivity contribution in [3.63, 3.8) is 0 Å². The molecule has 0 aliphatic carbocycles. The molecule has 0 saturated carbocycles. The molecule has 0 aromatic heterocycles. The summed E-state index contributed by atoms with van der Waals surface area (Å²) in [5, 5.41) is 0. The molecule has 0 fully saturated rings. The predicted octanol–water partition coefficient (Wildman–Crippen LogP) is 2.50. The van der Waals surface area contributed by atoms with Gasteiger partial charge in [-0.25, -0.2) is 5.54 Å². The van der Waals surface area contributed by atoms with Gasteiger partial charge in [-0.3, -0.25) is 0 Å². The Balaban J connectivity index is 4.62. The van der Waals surface area contributed by atoms with Crippen molar-refractivity contribution in [3.05, 3.63) is 36.1 Å². The molecule has 0 unspecified atom stereocenters. The lowest BCUT2D eigenvalue weighted by molar-refractivity contribution is 0.388. The molecule has 1 nitrogen and oxygen atoms in total. The fourth-order valence-electron chi connectivity index (χ4n) is 0.594. The van der Waals surface area contributed by atoms with Gasteiger partial charge in [0.2, 0.25) is 0 Å². The molecule has 2 heteroatoms. The van der Waals surface area contributed by atoms with Gasteiger partial charge in [0.15, 0.2) is 0 Å². The van der Waals surface area contributed by atoms with Gasteiger partial charge in [-0.15, -0.1) is 4.48 Å². The monoisotopic (exact) mass is 141 g/mol. The number of allylic oxidation sites excluding steroid dienone is 3. The predicted molar refractivity (Wildman–Crippen MR) is 42.0 cm³/mol. The van der Waals surface area contributed by atoms with E-state index in [2.05, 4.69) is 13.2 Å². The van der Waals surface area contributed by atoms with Gasteiger partial charge in [0.05, 0.1) is 5.70 Å². The van der Waals surface area contributed by atoms with E-state index in [4.69, 9.17) is 0 Å². The molecule has 0 spiro atoms. The van der Waals surface area contributed by atoms with E-state index in [9.17, 15) is 4.48 Å². The second kappa shape index (κ2) is 3.88. The molecular formula is C8H12FN. The molecule has 10 heavy (non-hydrogen) atoms. The van der Waals surface area contributed by atoms with Crippen LogP contribution in [0.2, 0.25) is 0 Å². The van der Waals surface area contributed by atoms with Crippen molar-refractivity contribution in [2.24, 2.45) is 0 Å². The van der Waals surface area contributed by atoms with E-state index in [1.807, 2.05) is 0 Å². The lowest BCUT2D eigenvalue weighted by Crippen LogP contribution is -2.03. The van der Waals surface area contributed by atoms with Crippen LogP contribution in [-0.2, 0) is 0 Å². The summed E-state index contributed by atoms with van der Waals surface area (Å²) in [6, 6.07) is 0.